The van der Waals surface area contributed by atoms with Gasteiger partial charge in [-0.1, -0.05) is 136 Å². The van der Waals surface area contributed by atoms with E-state index >= 15 is 0 Å². The predicted molar refractivity (Wildman–Crippen MR) is 190 cm³/mol. The maximum Gasteiger partial charge on any atom is 0.397 e. The monoisotopic (exact) mass is 639 g/mol. The van der Waals surface area contributed by atoms with Crippen molar-refractivity contribution in [1.29, 1.82) is 0 Å². The Morgan fingerprint density at radius 2 is 0.864 bits per heavy atom. The first-order chi connectivity index (χ1) is 21.7. The Bertz CT molecular complexity index is 653. The summed E-state index contributed by atoms with van der Waals surface area (Å²) in [6.45, 7) is 12.1. The summed E-state index contributed by atoms with van der Waals surface area (Å²) < 4.78 is 31.2. The summed E-state index contributed by atoms with van der Waals surface area (Å²) in [5.41, 5.74) is 0. The lowest BCUT2D eigenvalue weighted by molar-refractivity contribution is 0.0320. The zero-order valence-electron chi connectivity index (χ0n) is 29.4. The van der Waals surface area contributed by atoms with Crippen molar-refractivity contribution in [3.8, 4) is 5.75 Å². The molecule has 5 nitrogen and oxygen atoms in total. The van der Waals surface area contributed by atoms with Crippen LogP contribution in [0.1, 0.15) is 169 Å². The zero-order chi connectivity index (χ0) is 31.8. The van der Waals surface area contributed by atoms with Gasteiger partial charge in [0, 0.05) is 13.2 Å². The SMILES string of the molecule is CCCCCCCCOC(CCCC)CCCOP(OCCCC(CCCC)OCCCCCCCC)Oc1ccccc1. The Kier molecular flexibility index (Phi) is 30.3. The molecule has 1 aromatic carbocycles. The van der Waals surface area contributed by atoms with Crippen molar-refractivity contribution in [3.05, 3.63) is 30.3 Å². The third kappa shape index (κ3) is 25.5. The van der Waals surface area contributed by atoms with E-state index in [1.807, 2.05) is 30.3 Å². The van der Waals surface area contributed by atoms with Crippen LogP contribution in [0.4, 0.5) is 0 Å². The van der Waals surface area contributed by atoms with E-state index in [9.17, 15) is 0 Å². The van der Waals surface area contributed by atoms with Gasteiger partial charge in [0.2, 0.25) is 0 Å². The van der Waals surface area contributed by atoms with Crippen molar-refractivity contribution in [2.75, 3.05) is 26.4 Å². The summed E-state index contributed by atoms with van der Waals surface area (Å²) >= 11 is 0. The first kappa shape index (κ1) is 41.3. The van der Waals surface area contributed by atoms with Gasteiger partial charge in [-0.2, -0.15) is 0 Å². The molecule has 2 atom stereocenters. The van der Waals surface area contributed by atoms with Gasteiger partial charge >= 0.3 is 8.60 Å². The van der Waals surface area contributed by atoms with E-state index in [0.29, 0.717) is 25.4 Å². The number of hydrogen-bond acceptors (Lipinski definition) is 5. The van der Waals surface area contributed by atoms with Crippen molar-refractivity contribution in [2.45, 2.75) is 181 Å². The summed E-state index contributed by atoms with van der Waals surface area (Å²) in [7, 11) is -1.44. The third-order valence-corrected chi connectivity index (χ3v) is 9.27. The summed E-state index contributed by atoms with van der Waals surface area (Å²) in [6.07, 6.45) is 27.4. The molecule has 0 fully saturated rings. The molecule has 0 amide bonds. The average molecular weight is 639 g/mol. The molecule has 0 aliphatic heterocycles. The minimum Gasteiger partial charge on any atom is -0.427 e. The molecule has 0 saturated heterocycles. The molecule has 0 spiro atoms. The van der Waals surface area contributed by atoms with Crippen LogP contribution in [0, 0.1) is 0 Å². The number of rotatable bonds is 34. The van der Waals surface area contributed by atoms with E-state index in [1.54, 1.807) is 0 Å². The van der Waals surface area contributed by atoms with Crippen LogP contribution in [-0.4, -0.2) is 38.6 Å². The summed E-state index contributed by atoms with van der Waals surface area (Å²) in [6, 6.07) is 9.91. The van der Waals surface area contributed by atoms with Gasteiger partial charge in [0.05, 0.1) is 25.4 Å². The predicted octanol–water partition coefficient (Wildman–Crippen LogP) is 12.8. The molecule has 0 heterocycles. The van der Waals surface area contributed by atoms with Gasteiger partial charge in [0.15, 0.2) is 0 Å². The fourth-order valence-corrected chi connectivity index (χ4v) is 6.34. The van der Waals surface area contributed by atoms with E-state index in [4.69, 9.17) is 23.0 Å². The van der Waals surface area contributed by atoms with Gasteiger partial charge in [0.25, 0.3) is 0 Å². The van der Waals surface area contributed by atoms with E-state index in [0.717, 1.165) is 57.5 Å². The highest BCUT2D eigenvalue weighted by Gasteiger charge is 2.17. The van der Waals surface area contributed by atoms with Crippen molar-refractivity contribution in [1.82, 2.24) is 0 Å². The van der Waals surface area contributed by atoms with Gasteiger partial charge in [0.1, 0.15) is 5.75 Å². The van der Waals surface area contributed by atoms with E-state index in [1.165, 1.54) is 103 Å². The Labute approximate surface area is 274 Å². The molecule has 0 aromatic heterocycles. The molecule has 0 radical (unpaired) electrons. The van der Waals surface area contributed by atoms with Crippen LogP contribution in [0.15, 0.2) is 30.3 Å². The van der Waals surface area contributed by atoms with Gasteiger partial charge in [-0.25, -0.2) is 0 Å². The van der Waals surface area contributed by atoms with Crippen LogP contribution in [0.3, 0.4) is 0 Å². The fraction of sp³-hybridized carbons (Fsp3) is 0.842. The van der Waals surface area contributed by atoms with Gasteiger partial charge in [-0.3, -0.25) is 0 Å². The lowest BCUT2D eigenvalue weighted by Gasteiger charge is -2.21. The van der Waals surface area contributed by atoms with Crippen LogP contribution in [0.25, 0.3) is 0 Å². The average Bonchev–Trinajstić information content (AvgIpc) is 3.04. The Hall–Kier alpha value is -0.710. The van der Waals surface area contributed by atoms with Crippen LogP contribution >= 0.6 is 8.60 Å². The number of ether oxygens (including phenoxy) is 2. The van der Waals surface area contributed by atoms with E-state index in [-0.39, 0.29) is 0 Å². The first-order valence-corrected chi connectivity index (χ1v) is 19.8. The largest absolute Gasteiger partial charge is 0.427 e. The molecule has 0 aliphatic rings. The molecule has 258 valence electrons. The second-order valence-electron chi connectivity index (χ2n) is 12.4. The Morgan fingerprint density at radius 3 is 1.32 bits per heavy atom. The molecule has 44 heavy (non-hydrogen) atoms. The van der Waals surface area contributed by atoms with E-state index in [2.05, 4.69) is 27.7 Å². The maximum absolute atomic E-state index is 6.32. The van der Waals surface area contributed by atoms with Gasteiger partial charge in [-0.05, 0) is 63.5 Å². The van der Waals surface area contributed by atoms with Crippen LogP contribution < -0.4 is 4.52 Å². The molecule has 1 aromatic rings. The van der Waals surface area contributed by atoms with E-state index < -0.39 is 8.60 Å². The summed E-state index contributed by atoms with van der Waals surface area (Å²) in [4.78, 5) is 0. The lowest BCUT2D eigenvalue weighted by Crippen LogP contribution is -2.15. The summed E-state index contributed by atoms with van der Waals surface area (Å²) in [5.74, 6) is 0.796. The quantitative estimate of drug-likeness (QED) is 0.0555. The van der Waals surface area contributed by atoms with Crippen LogP contribution in [0.5, 0.6) is 5.75 Å². The highest BCUT2D eigenvalue weighted by Crippen LogP contribution is 2.41. The topological polar surface area (TPSA) is 46.2 Å². The lowest BCUT2D eigenvalue weighted by atomic mass is 10.1. The molecule has 0 saturated carbocycles. The minimum atomic E-state index is -1.44. The third-order valence-electron chi connectivity index (χ3n) is 8.12. The van der Waals surface area contributed by atoms with Crippen molar-refractivity contribution in [3.63, 3.8) is 0 Å². The van der Waals surface area contributed by atoms with Gasteiger partial charge < -0.3 is 23.0 Å². The van der Waals surface area contributed by atoms with Crippen molar-refractivity contribution in [2.24, 2.45) is 0 Å². The standard InChI is InChI=1S/C38H71O5P/c1-5-9-13-15-17-22-32-39-36(26-11-7-3)30-24-34-41-44(43-38-28-20-19-21-29-38)42-35-25-31-37(27-12-8-4)40-33-23-18-16-14-10-6-2/h19-21,28-29,36-37H,5-18,22-27,30-35H2,1-4H3. The first-order valence-electron chi connectivity index (χ1n) is 18.8. The molecule has 0 bridgehead atoms. The molecule has 0 aliphatic carbocycles. The fourth-order valence-electron chi connectivity index (χ4n) is 5.31. The molecular weight excluding hydrogens is 567 g/mol. The highest BCUT2D eigenvalue weighted by atomic mass is 31.2. The second-order valence-corrected chi connectivity index (χ2v) is 13.5. The van der Waals surface area contributed by atoms with Crippen LogP contribution in [0.2, 0.25) is 0 Å². The minimum absolute atomic E-state index is 0.327. The second kappa shape index (κ2) is 32.2. The smallest absolute Gasteiger partial charge is 0.397 e. The zero-order valence-corrected chi connectivity index (χ0v) is 30.3. The Morgan fingerprint density at radius 1 is 0.455 bits per heavy atom. The Balaban J connectivity index is 2.44. The van der Waals surface area contributed by atoms with Crippen LogP contribution in [-0.2, 0) is 18.5 Å². The molecule has 1 rings (SSSR count). The number of unbranched alkanes of at least 4 members (excludes halogenated alkanes) is 12. The summed E-state index contributed by atoms with van der Waals surface area (Å²) in [5, 5.41) is 0. The van der Waals surface area contributed by atoms with Crippen molar-refractivity contribution >= 4 is 8.60 Å². The number of para-hydroxylation sites is 1. The molecule has 2 unspecified atom stereocenters. The maximum atomic E-state index is 6.32. The number of hydrogen-bond donors (Lipinski definition) is 0. The molecule has 6 heteroatoms. The molecular formula is C38H71O5P. The normalized spacial score (nSPS) is 13.6. The molecule has 0 N–H and O–H groups in total. The highest BCUT2D eigenvalue weighted by molar-refractivity contribution is 7.42. The van der Waals surface area contributed by atoms with Gasteiger partial charge in [-0.15, -0.1) is 0 Å². The number of benzene rings is 1. The van der Waals surface area contributed by atoms with Crippen molar-refractivity contribution < 1.29 is 23.0 Å².